The molecule has 30 heavy (non-hydrogen) atoms. The molecule has 2 aromatic rings. The van der Waals surface area contributed by atoms with Crippen molar-refractivity contribution < 1.29 is 27.5 Å². The number of esters is 1. The Balaban J connectivity index is 1.84. The van der Waals surface area contributed by atoms with Gasteiger partial charge in [-0.25, -0.2) is 13.2 Å². The summed E-state index contributed by atoms with van der Waals surface area (Å²) in [4.78, 5) is 24.4. The Morgan fingerprint density at radius 2 is 1.87 bits per heavy atom. The van der Waals surface area contributed by atoms with Crippen molar-refractivity contribution in [1.82, 2.24) is 4.31 Å². The number of carbonyl (C=O) groups is 2. The summed E-state index contributed by atoms with van der Waals surface area (Å²) in [6.45, 7) is 4.00. The maximum Gasteiger partial charge on any atom is 0.348 e. The number of rotatable bonds is 5. The molecule has 0 radical (unpaired) electrons. The van der Waals surface area contributed by atoms with Gasteiger partial charge in [0.05, 0.1) is 29.3 Å². The zero-order valence-corrected chi connectivity index (χ0v) is 18.9. The van der Waals surface area contributed by atoms with Gasteiger partial charge in [0.1, 0.15) is 9.77 Å². The number of nitrogens with one attached hydrogen (secondary N) is 1. The molecule has 0 bridgehead atoms. The van der Waals surface area contributed by atoms with Gasteiger partial charge < -0.3 is 14.8 Å². The number of nitrogens with zero attached hydrogens (tertiary/aromatic N) is 1. The maximum atomic E-state index is 13.1. The minimum Gasteiger partial charge on any atom is -0.465 e. The zero-order valence-electron chi connectivity index (χ0n) is 16.5. The van der Waals surface area contributed by atoms with Crippen molar-refractivity contribution in [2.45, 2.75) is 31.0 Å². The topological polar surface area (TPSA) is 102 Å². The van der Waals surface area contributed by atoms with E-state index in [0.717, 1.165) is 11.3 Å². The van der Waals surface area contributed by atoms with Crippen LogP contribution in [0.2, 0.25) is 5.02 Å². The van der Waals surface area contributed by atoms with Crippen LogP contribution in [0.15, 0.2) is 35.2 Å². The number of benzene rings is 1. The first kappa shape index (κ1) is 22.7. The minimum atomic E-state index is -3.92. The van der Waals surface area contributed by atoms with E-state index >= 15 is 0 Å². The van der Waals surface area contributed by atoms with E-state index in [0.29, 0.717) is 9.88 Å². The lowest BCUT2D eigenvalue weighted by Crippen LogP contribution is -2.48. The first-order valence-electron chi connectivity index (χ1n) is 9.06. The van der Waals surface area contributed by atoms with E-state index in [2.05, 4.69) is 10.1 Å². The van der Waals surface area contributed by atoms with Crippen LogP contribution in [0.4, 0.5) is 5.00 Å². The average molecular weight is 473 g/mol. The number of hydrogen-bond acceptors (Lipinski definition) is 7. The maximum absolute atomic E-state index is 13.1. The molecule has 11 heteroatoms. The Kier molecular flexibility index (Phi) is 6.83. The fraction of sp³-hybridized carbons (Fsp3) is 0.368. The van der Waals surface area contributed by atoms with Gasteiger partial charge in [-0.1, -0.05) is 11.6 Å². The fourth-order valence-electron chi connectivity index (χ4n) is 3.11. The Morgan fingerprint density at radius 3 is 2.50 bits per heavy atom. The molecule has 0 saturated carbocycles. The van der Waals surface area contributed by atoms with Crippen LogP contribution in [-0.2, 0) is 19.5 Å². The highest BCUT2D eigenvalue weighted by Crippen LogP contribution is 2.29. The van der Waals surface area contributed by atoms with Crippen molar-refractivity contribution in [3.05, 3.63) is 45.8 Å². The third-order valence-corrected chi connectivity index (χ3v) is 7.72. The van der Waals surface area contributed by atoms with Gasteiger partial charge in [-0.3, -0.25) is 4.79 Å². The standard InChI is InChI=1S/C19H21ClN2O6S2/c1-11-9-22(10-12(2)28-11)30(25,26)16-8-13(4-5-14(16)20)18(23)21-17-7-6-15(29-17)19(24)27-3/h4-8,11-12H,9-10H2,1-3H3,(H,21,23). The van der Waals surface area contributed by atoms with Crippen molar-refractivity contribution in [3.63, 3.8) is 0 Å². The van der Waals surface area contributed by atoms with Crippen LogP contribution < -0.4 is 5.32 Å². The molecule has 0 aliphatic carbocycles. The number of ether oxygens (including phenoxy) is 2. The van der Waals surface area contributed by atoms with E-state index in [1.54, 1.807) is 19.9 Å². The summed E-state index contributed by atoms with van der Waals surface area (Å²) in [6.07, 6.45) is -0.506. The van der Waals surface area contributed by atoms with E-state index in [-0.39, 0.29) is 40.8 Å². The van der Waals surface area contributed by atoms with Gasteiger partial charge in [-0.2, -0.15) is 4.31 Å². The summed E-state index contributed by atoms with van der Waals surface area (Å²) in [7, 11) is -2.65. The molecule has 162 valence electrons. The average Bonchev–Trinajstić information content (AvgIpc) is 3.15. The van der Waals surface area contributed by atoms with Crippen molar-refractivity contribution >= 4 is 49.8 Å². The molecule has 2 unspecified atom stereocenters. The van der Waals surface area contributed by atoms with Crippen molar-refractivity contribution in [2.24, 2.45) is 0 Å². The monoisotopic (exact) mass is 472 g/mol. The number of amides is 1. The molecule has 8 nitrogen and oxygen atoms in total. The number of carbonyl (C=O) groups excluding carboxylic acids is 2. The lowest BCUT2D eigenvalue weighted by molar-refractivity contribution is -0.0440. The largest absolute Gasteiger partial charge is 0.465 e. The van der Waals surface area contributed by atoms with Crippen LogP contribution >= 0.6 is 22.9 Å². The Morgan fingerprint density at radius 1 is 1.20 bits per heavy atom. The predicted molar refractivity (Wildman–Crippen MR) is 114 cm³/mol. The van der Waals surface area contributed by atoms with Crippen LogP contribution in [0, 0.1) is 0 Å². The van der Waals surface area contributed by atoms with E-state index in [4.69, 9.17) is 16.3 Å². The Hall–Kier alpha value is -1.98. The zero-order chi connectivity index (χ0) is 22.1. The molecular formula is C19H21ClN2O6S2. The van der Waals surface area contributed by atoms with Crippen LogP contribution in [0.1, 0.15) is 33.9 Å². The first-order chi connectivity index (χ1) is 14.1. The highest BCUT2D eigenvalue weighted by molar-refractivity contribution is 7.89. The molecule has 2 atom stereocenters. The van der Waals surface area contributed by atoms with Gasteiger partial charge in [0.2, 0.25) is 10.0 Å². The second-order valence-electron chi connectivity index (χ2n) is 6.83. The highest BCUT2D eigenvalue weighted by Gasteiger charge is 2.34. The van der Waals surface area contributed by atoms with Crippen LogP contribution in [0.25, 0.3) is 0 Å². The summed E-state index contributed by atoms with van der Waals surface area (Å²) in [5.74, 6) is -1.03. The van der Waals surface area contributed by atoms with Gasteiger partial charge in [-0.15, -0.1) is 11.3 Å². The molecule has 0 spiro atoms. The molecule has 1 aliphatic heterocycles. The Labute approximate surface area is 183 Å². The minimum absolute atomic E-state index is 0.0300. The van der Waals surface area contributed by atoms with Gasteiger partial charge in [-0.05, 0) is 44.2 Å². The quantitative estimate of drug-likeness (QED) is 0.670. The Bertz CT molecular complexity index is 1060. The molecule has 1 aromatic carbocycles. The molecular weight excluding hydrogens is 452 g/mol. The molecule has 1 amide bonds. The summed E-state index contributed by atoms with van der Waals surface area (Å²) >= 11 is 7.23. The fourth-order valence-corrected chi connectivity index (χ4v) is 6.02. The van der Waals surface area contributed by atoms with Gasteiger partial charge in [0.25, 0.3) is 5.91 Å². The molecule has 1 N–H and O–H groups in total. The third-order valence-electron chi connectivity index (χ3n) is 4.43. The molecule has 1 saturated heterocycles. The third kappa shape index (κ3) is 4.84. The molecule has 1 aromatic heterocycles. The van der Waals surface area contributed by atoms with E-state index in [9.17, 15) is 18.0 Å². The van der Waals surface area contributed by atoms with Gasteiger partial charge in [0, 0.05) is 18.7 Å². The number of halogens is 1. The van der Waals surface area contributed by atoms with E-state index in [1.165, 1.54) is 35.7 Å². The number of methoxy groups -OCH3 is 1. The normalized spacial score (nSPS) is 20.0. The van der Waals surface area contributed by atoms with E-state index < -0.39 is 21.9 Å². The lowest BCUT2D eigenvalue weighted by atomic mass is 10.2. The summed E-state index contributed by atoms with van der Waals surface area (Å²) in [5, 5.41) is 3.11. The van der Waals surface area contributed by atoms with Crippen molar-refractivity contribution in [3.8, 4) is 0 Å². The number of thiophene rings is 1. The SMILES string of the molecule is COC(=O)c1ccc(NC(=O)c2ccc(Cl)c(S(=O)(=O)N3CC(C)OC(C)C3)c2)s1. The van der Waals surface area contributed by atoms with Crippen LogP contribution in [-0.4, -0.2) is 57.0 Å². The molecule has 2 heterocycles. The number of hydrogen-bond donors (Lipinski definition) is 1. The second-order valence-corrected chi connectivity index (χ2v) is 10.2. The smallest absolute Gasteiger partial charge is 0.348 e. The summed E-state index contributed by atoms with van der Waals surface area (Å²) in [5.41, 5.74) is 0.125. The second kappa shape index (κ2) is 9.03. The van der Waals surface area contributed by atoms with Crippen LogP contribution in [0.3, 0.4) is 0 Å². The number of sulfonamides is 1. The first-order valence-corrected chi connectivity index (χ1v) is 11.7. The summed E-state index contributed by atoms with van der Waals surface area (Å²) < 4.78 is 37.9. The van der Waals surface area contributed by atoms with Crippen LogP contribution in [0.5, 0.6) is 0 Å². The van der Waals surface area contributed by atoms with Gasteiger partial charge in [0.15, 0.2) is 0 Å². The van der Waals surface area contributed by atoms with Gasteiger partial charge >= 0.3 is 5.97 Å². The highest BCUT2D eigenvalue weighted by atomic mass is 35.5. The molecule has 1 aliphatic rings. The predicted octanol–water partition coefficient (Wildman–Crippen LogP) is 3.24. The van der Waals surface area contributed by atoms with E-state index in [1.807, 2.05) is 0 Å². The molecule has 1 fully saturated rings. The van der Waals surface area contributed by atoms with Crippen molar-refractivity contribution in [2.75, 3.05) is 25.5 Å². The molecule has 3 rings (SSSR count). The summed E-state index contributed by atoms with van der Waals surface area (Å²) in [6, 6.07) is 7.18. The number of anilines is 1. The lowest BCUT2D eigenvalue weighted by Gasteiger charge is -2.34. The number of morpholine rings is 1. The van der Waals surface area contributed by atoms with Crippen molar-refractivity contribution in [1.29, 1.82) is 0 Å².